The molecule has 0 aromatic carbocycles. The Kier molecular flexibility index (Phi) is 3.81. The van der Waals surface area contributed by atoms with Gasteiger partial charge in [-0.2, -0.15) is 0 Å². The number of hydrazine groups is 2. The minimum Gasteiger partial charge on any atom is -0.379 e. The number of carbonyl (C=O) groups is 1. The summed E-state index contributed by atoms with van der Waals surface area (Å²) in [5, 5.41) is 9.27. The molecule has 17 heavy (non-hydrogen) atoms. The maximum atomic E-state index is 11.8. The number of anilines is 1. The second-order valence-corrected chi connectivity index (χ2v) is 3.49. The minimum absolute atomic E-state index is 0.246. The van der Waals surface area contributed by atoms with E-state index in [1.807, 2.05) is 0 Å². The zero-order chi connectivity index (χ0) is 12.1. The lowest BCUT2D eigenvalue weighted by Gasteiger charge is -2.26. The van der Waals surface area contributed by atoms with Crippen LogP contribution in [0.15, 0.2) is 12.1 Å². The van der Waals surface area contributed by atoms with Crippen molar-refractivity contribution in [2.75, 3.05) is 31.7 Å². The quantitative estimate of drug-likeness (QED) is 0.446. The number of morpholine rings is 1. The molecule has 92 valence electrons. The van der Waals surface area contributed by atoms with Crippen LogP contribution in [0, 0.1) is 0 Å². The summed E-state index contributed by atoms with van der Waals surface area (Å²) >= 11 is 0. The van der Waals surface area contributed by atoms with E-state index in [9.17, 15) is 4.79 Å². The van der Waals surface area contributed by atoms with E-state index < -0.39 is 0 Å². The molecule has 8 heteroatoms. The first kappa shape index (κ1) is 11.7. The van der Waals surface area contributed by atoms with Gasteiger partial charge in [0, 0.05) is 13.1 Å². The molecule has 4 N–H and O–H groups in total. The lowest BCUT2D eigenvalue weighted by molar-refractivity contribution is 0.0124. The number of nitrogens with zero attached hydrogens (tertiary/aromatic N) is 3. The highest BCUT2D eigenvalue weighted by molar-refractivity contribution is 5.91. The molecule has 0 spiro atoms. The van der Waals surface area contributed by atoms with Crippen LogP contribution in [-0.2, 0) is 4.74 Å². The van der Waals surface area contributed by atoms with Crippen molar-refractivity contribution < 1.29 is 9.53 Å². The first-order chi connectivity index (χ1) is 8.29. The summed E-state index contributed by atoms with van der Waals surface area (Å²) in [5.41, 5.74) is 5.32. The van der Waals surface area contributed by atoms with Crippen LogP contribution >= 0.6 is 0 Å². The van der Waals surface area contributed by atoms with E-state index in [1.165, 1.54) is 0 Å². The molecule has 1 aromatic heterocycles. The molecule has 1 fully saturated rings. The summed E-state index contributed by atoms with van der Waals surface area (Å²) in [6.45, 7) is 2.56. The lowest BCUT2D eigenvalue weighted by atomic mass is 10.3. The van der Waals surface area contributed by atoms with Crippen molar-refractivity contribution in [1.82, 2.24) is 20.6 Å². The third-order valence-electron chi connectivity index (χ3n) is 2.32. The molecule has 0 aliphatic carbocycles. The van der Waals surface area contributed by atoms with E-state index >= 15 is 0 Å². The molecular weight excluding hydrogens is 224 g/mol. The zero-order valence-electron chi connectivity index (χ0n) is 9.22. The van der Waals surface area contributed by atoms with E-state index in [4.69, 9.17) is 10.6 Å². The van der Waals surface area contributed by atoms with Gasteiger partial charge in [-0.1, -0.05) is 0 Å². The molecule has 8 nitrogen and oxygen atoms in total. The molecule has 0 unspecified atom stereocenters. The number of amides is 1. The molecule has 2 rings (SSSR count). The minimum atomic E-state index is -0.289. The number of hydrogen-bond acceptors (Lipinski definition) is 7. The fourth-order valence-corrected chi connectivity index (χ4v) is 1.41. The van der Waals surface area contributed by atoms with Gasteiger partial charge >= 0.3 is 0 Å². The summed E-state index contributed by atoms with van der Waals surface area (Å²) in [7, 11) is 0. The Morgan fingerprint density at radius 1 is 1.35 bits per heavy atom. The number of aromatic nitrogens is 2. The van der Waals surface area contributed by atoms with Gasteiger partial charge < -0.3 is 10.2 Å². The number of ether oxygens (including phenoxy) is 1. The normalized spacial score (nSPS) is 16.5. The number of nitrogens with two attached hydrogens (primary N) is 1. The van der Waals surface area contributed by atoms with Gasteiger partial charge in [0.15, 0.2) is 11.5 Å². The van der Waals surface area contributed by atoms with Gasteiger partial charge in [-0.25, -0.2) is 10.9 Å². The van der Waals surface area contributed by atoms with Gasteiger partial charge in [0.05, 0.1) is 13.2 Å². The average Bonchev–Trinajstić information content (AvgIpc) is 2.40. The first-order valence-electron chi connectivity index (χ1n) is 5.23. The van der Waals surface area contributed by atoms with Gasteiger partial charge in [0.1, 0.15) is 0 Å². The van der Waals surface area contributed by atoms with Crippen LogP contribution in [0.1, 0.15) is 10.5 Å². The maximum absolute atomic E-state index is 11.8. The number of hydrogen-bond donors (Lipinski definition) is 3. The SMILES string of the molecule is NNc1ccc(C(=O)NN2CCOCC2)nn1. The Morgan fingerprint density at radius 3 is 2.71 bits per heavy atom. The predicted octanol–water partition coefficient (Wildman–Crippen LogP) is -1.26. The van der Waals surface area contributed by atoms with Gasteiger partial charge in [0.25, 0.3) is 5.91 Å². The predicted molar refractivity (Wildman–Crippen MR) is 59.7 cm³/mol. The highest BCUT2D eigenvalue weighted by Gasteiger charge is 2.15. The Morgan fingerprint density at radius 2 is 2.12 bits per heavy atom. The molecule has 1 saturated heterocycles. The number of rotatable bonds is 3. The van der Waals surface area contributed by atoms with Crippen molar-refractivity contribution in [3.05, 3.63) is 17.8 Å². The van der Waals surface area contributed by atoms with Crippen LogP contribution in [0.5, 0.6) is 0 Å². The fourth-order valence-electron chi connectivity index (χ4n) is 1.41. The van der Waals surface area contributed by atoms with E-state index in [1.54, 1.807) is 17.1 Å². The lowest BCUT2D eigenvalue weighted by Crippen LogP contribution is -2.48. The highest BCUT2D eigenvalue weighted by atomic mass is 16.5. The van der Waals surface area contributed by atoms with Crippen molar-refractivity contribution in [2.24, 2.45) is 5.84 Å². The van der Waals surface area contributed by atoms with Gasteiger partial charge in [-0.15, -0.1) is 10.2 Å². The first-order valence-corrected chi connectivity index (χ1v) is 5.23. The van der Waals surface area contributed by atoms with E-state index in [0.29, 0.717) is 32.1 Å². The smallest absolute Gasteiger partial charge is 0.286 e. The van der Waals surface area contributed by atoms with Crippen molar-refractivity contribution >= 4 is 11.7 Å². The Balaban J connectivity index is 1.93. The monoisotopic (exact) mass is 238 g/mol. The van der Waals surface area contributed by atoms with E-state index in [0.717, 1.165) is 0 Å². The van der Waals surface area contributed by atoms with Crippen LogP contribution in [0.4, 0.5) is 5.82 Å². The Bertz CT molecular complexity index is 376. The Labute approximate surface area is 98.1 Å². The van der Waals surface area contributed by atoms with Crippen molar-refractivity contribution in [1.29, 1.82) is 0 Å². The topological polar surface area (TPSA) is 105 Å². The summed E-state index contributed by atoms with van der Waals surface area (Å²) in [5.74, 6) is 5.27. The van der Waals surface area contributed by atoms with Crippen molar-refractivity contribution in [3.8, 4) is 0 Å². The van der Waals surface area contributed by atoms with E-state index in [2.05, 4.69) is 21.0 Å². The average molecular weight is 238 g/mol. The second kappa shape index (κ2) is 5.53. The third kappa shape index (κ3) is 3.09. The van der Waals surface area contributed by atoms with Gasteiger partial charge in [-0.05, 0) is 12.1 Å². The van der Waals surface area contributed by atoms with Crippen LogP contribution in [0.2, 0.25) is 0 Å². The van der Waals surface area contributed by atoms with Crippen LogP contribution in [-0.4, -0.2) is 47.4 Å². The number of nitrogens with one attached hydrogen (secondary N) is 2. The van der Waals surface area contributed by atoms with Crippen LogP contribution < -0.4 is 16.7 Å². The molecule has 0 bridgehead atoms. The summed E-state index contributed by atoms with van der Waals surface area (Å²) in [4.78, 5) is 11.8. The largest absolute Gasteiger partial charge is 0.379 e. The molecule has 0 atom stereocenters. The second-order valence-electron chi connectivity index (χ2n) is 3.49. The maximum Gasteiger partial charge on any atom is 0.286 e. The molecule has 2 heterocycles. The summed E-state index contributed by atoms with van der Waals surface area (Å²) in [6, 6.07) is 3.14. The third-order valence-corrected chi connectivity index (χ3v) is 2.32. The highest BCUT2D eigenvalue weighted by Crippen LogP contribution is 2.01. The summed E-state index contributed by atoms with van der Waals surface area (Å²) in [6.07, 6.45) is 0. The van der Waals surface area contributed by atoms with Crippen LogP contribution in [0.25, 0.3) is 0 Å². The molecule has 1 amide bonds. The molecule has 0 saturated carbocycles. The van der Waals surface area contributed by atoms with E-state index in [-0.39, 0.29) is 11.6 Å². The standard InChI is InChI=1S/C9H14N6O2/c10-11-8-2-1-7(12-13-8)9(16)14-15-3-5-17-6-4-15/h1-2H,3-6,10H2,(H,11,13)(H,14,16). The van der Waals surface area contributed by atoms with Gasteiger partial charge in [-0.3, -0.25) is 10.2 Å². The zero-order valence-corrected chi connectivity index (χ0v) is 9.22. The molecule has 1 aromatic rings. The number of carbonyl (C=O) groups excluding carboxylic acids is 1. The molecule has 1 aliphatic heterocycles. The Hall–Kier alpha value is -1.77. The fraction of sp³-hybridized carbons (Fsp3) is 0.444. The molecular formula is C9H14N6O2. The molecule has 1 aliphatic rings. The summed E-state index contributed by atoms with van der Waals surface area (Å²) < 4.78 is 5.17. The van der Waals surface area contributed by atoms with Crippen molar-refractivity contribution in [2.45, 2.75) is 0 Å². The van der Waals surface area contributed by atoms with Gasteiger partial charge in [0.2, 0.25) is 0 Å². The number of nitrogen functional groups attached to an aromatic ring is 1. The van der Waals surface area contributed by atoms with Crippen LogP contribution in [0.3, 0.4) is 0 Å². The molecule has 0 radical (unpaired) electrons. The van der Waals surface area contributed by atoms with Crippen molar-refractivity contribution in [3.63, 3.8) is 0 Å².